The maximum atomic E-state index is 11.7. The Balaban J connectivity index is 1.74. The molecule has 0 atom stereocenters. The van der Waals surface area contributed by atoms with Crippen molar-refractivity contribution >= 4 is 23.7 Å². The van der Waals surface area contributed by atoms with Crippen LogP contribution in [0.25, 0.3) is 0 Å². The molecule has 2 N–H and O–H groups in total. The van der Waals surface area contributed by atoms with Crippen LogP contribution in [0.2, 0.25) is 0 Å². The van der Waals surface area contributed by atoms with E-state index in [2.05, 4.69) is 26.2 Å². The lowest BCUT2D eigenvalue weighted by Gasteiger charge is -2.12. The fourth-order valence-electron chi connectivity index (χ4n) is 2.19. The van der Waals surface area contributed by atoms with Crippen molar-refractivity contribution in [2.75, 3.05) is 5.75 Å². The van der Waals surface area contributed by atoms with Crippen molar-refractivity contribution in [2.24, 2.45) is 0 Å². The van der Waals surface area contributed by atoms with E-state index in [1.807, 2.05) is 13.8 Å². The Bertz CT molecular complexity index is 498. The molecule has 1 aromatic heterocycles. The molecule has 0 aliphatic heterocycles. The Hall–Kier alpha value is -1.64. The zero-order valence-electron chi connectivity index (χ0n) is 12.2. The van der Waals surface area contributed by atoms with Gasteiger partial charge in [0.25, 0.3) is 0 Å². The van der Waals surface area contributed by atoms with Gasteiger partial charge >= 0.3 is 6.03 Å². The SMILES string of the molecule is CC(C)n1nnnc1SCC(=O)NC(=O)NC1CCCC1. The predicted molar refractivity (Wildman–Crippen MR) is 77.9 cm³/mol. The number of tetrazole rings is 1. The van der Waals surface area contributed by atoms with Crippen molar-refractivity contribution in [2.45, 2.75) is 56.8 Å². The van der Waals surface area contributed by atoms with E-state index in [1.54, 1.807) is 4.68 Å². The quantitative estimate of drug-likeness (QED) is 0.790. The van der Waals surface area contributed by atoms with E-state index in [4.69, 9.17) is 0 Å². The minimum Gasteiger partial charge on any atom is -0.335 e. The first-order valence-corrected chi connectivity index (χ1v) is 8.06. The summed E-state index contributed by atoms with van der Waals surface area (Å²) in [6.07, 6.45) is 4.23. The van der Waals surface area contributed by atoms with Crippen molar-refractivity contribution in [3.63, 3.8) is 0 Å². The van der Waals surface area contributed by atoms with Crippen LogP contribution >= 0.6 is 11.8 Å². The van der Waals surface area contributed by atoms with Crippen molar-refractivity contribution in [1.29, 1.82) is 0 Å². The van der Waals surface area contributed by atoms with E-state index in [9.17, 15) is 9.59 Å². The molecule has 9 heteroatoms. The predicted octanol–water partition coefficient (Wildman–Crippen LogP) is 1.11. The van der Waals surface area contributed by atoms with Crippen LogP contribution < -0.4 is 10.6 Å². The lowest BCUT2D eigenvalue weighted by molar-refractivity contribution is -0.117. The molecule has 1 heterocycles. The molecule has 1 aromatic rings. The summed E-state index contributed by atoms with van der Waals surface area (Å²) in [5, 5.41) is 17.0. The van der Waals surface area contributed by atoms with Crippen LogP contribution in [0.5, 0.6) is 0 Å². The molecule has 8 nitrogen and oxygen atoms in total. The molecule has 1 aliphatic rings. The van der Waals surface area contributed by atoms with Crippen LogP contribution in [0.1, 0.15) is 45.6 Å². The third-order valence-corrected chi connectivity index (χ3v) is 4.16. The van der Waals surface area contributed by atoms with Crippen LogP contribution in [0.4, 0.5) is 4.79 Å². The number of hydrogen-bond donors (Lipinski definition) is 2. The Morgan fingerprint density at radius 1 is 1.38 bits per heavy atom. The number of imide groups is 1. The van der Waals surface area contributed by atoms with Gasteiger partial charge in [0.2, 0.25) is 11.1 Å². The lowest BCUT2D eigenvalue weighted by Crippen LogP contribution is -2.44. The standard InChI is InChI=1S/C12H20N6O2S/c1-8(2)18-12(15-16-17-18)21-7-10(19)14-11(20)13-9-5-3-4-6-9/h8-9H,3-7H2,1-2H3,(H2,13,14,19,20). The largest absolute Gasteiger partial charge is 0.335 e. The molecular weight excluding hydrogens is 292 g/mol. The number of hydrogen-bond acceptors (Lipinski definition) is 6. The molecule has 0 radical (unpaired) electrons. The molecule has 1 saturated carbocycles. The number of carbonyl (C=O) groups is 2. The fourth-order valence-corrected chi connectivity index (χ4v) is 3.00. The number of nitrogens with zero attached hydrogens (tertiary/aromatic N) is 4. The summed E-state index contributed by atoms with van der Waals surface area (Å²) < 4.78 is 1.64. The van der Waals surface area contributed by atoms with Crippen LogP contribution in [0.3, 0.4) is 0 Å². The van der Waals surface area contributed by atoms with E-state index < -0.39 is 6.03 Å². The van der Waals surface area contributed by atoms with E-state index in [-0.39, 0.29) is 23.7 Å². The number of amides is 3. The highest BCUT2D eigenvalue weighted by atomic mass is 32.2. The van der Waals surface area contributed by atoms with Gasteiger partial charge < -0.3 is 5.32 Å². The average molecular weight is 312 g/mol. The number of rotatable bonds is 5. The highest BCUT2D eigenvalue weighted by Crippen LogP contribution is 2.18. The van der Waals surface area contributed by atoms with Crippen LogP contribution in [0.15, 0.2) is 5.16 Å². The molecule has 2 rings (SSSR count). The number of aromatic nitrogens is 4. The zero-order chi connectivity index (χ0) is 15.2. The normalized spacial score (nSPS) is 15.4. The first-order chi connectivity index (χ1) is 10.1. The lowest BCUT2D eigenvalue weighted by atomic mass is 10.2. The van der Waals surface area contributed by atoms with Gasteiger partial charge in [-0.25, -0.2) is 9.48 Å². The Morgan fingerprint density at radius 3 is 2.76 bits per heavy atom. The number of carbonyl (C=O) groups excluding carboxylic acids is 2. The second kappa shape index (κ2) is 7.39. The summed E-state index contributed by atoms with van der Waals surface area (Å²) in [4.78, 5) is 23.4. The summed E-state index contributed by atoms with van der Waals surface area (Å²) in [5.41, 5.74) is 0. The Kier molecular flexibility index (Phi) is 5.54. The van der Waals surface area contributed by atoms with Crippen LogP contribution in [-0.4, -0.2) is 43.9 Å². The highest BCUT2D eigenvalue weighted by molar-refractivity contribution is 7.99. The van der Waals surface area contributed by atoms with Gasteiger partial charge in [0, 0.05) is 6.04 Å². The third kappa shape index (κ3) is 4.69. The second-order valence-electron chi connectivity index (χ2n) is 5.29. The van der Waals surface area contributed by atoms with Crippen molar-refractivity contribution < 1.29 is 9.59 Å². The number of urea groups is 1. The minimum atomic E-state index is -0.420. The molecule has 3 amide bonds. The van der Waals surface area contributed by atoms with E-state index in [0.29, 0.717) is 5.16 Å². The molecular formula is C12H20N6O2S. The molecule has 0 spiro atoms. The zero-order valence-corrected chi connectivity index (χ0v) is 13.0. The number of thioether (sulfide) groups is 1. The first kappa shape index (κ1) is 15.7. The van der Waals surface area contributed by atoms with Gasteiger partial charge in [-0.3, -0.25) is 10.1 Å². The second-order valence-corrected chi connectivity index (χ2v) is 6.23. The fraction of sp³-hybridized carbons (Fsp3) is 0.750. The van der Waals surface area contributed by atoms with Crippen molar-refractivity contribution in [3.8, 4) is 0 Å². The minimum absolute atomic E-state index is 0.102. The molecule has 0 unspecified atom stereocenters. The number of nitrogens with one attached hydrogen (secondary N) is 2. The Labute approximate surface area is 127 Å². The molecule has 0 aromatic carbocycles. The van der Waals surface area contributed by atoms with Gasteiger partial charge in [-0.15, -0.1) is 5.10 Å². The summed E-state index contributed by atoms with van der Waals surface area (Å²) in [6, 6.07) is -0.106. The smallest absolute Gasteiger partial charge is 0.321 e. The third-order valence-electron chi connectivity index (χ3n) is 3.23. The Morgan fingerprint density at radius 2 is 2.10 bits per heavy atom. The molecule has 1 fully saturated rings. The van der Waals surface area contributed by atoms with E-state index in [0.717, 1.165) is 25.7 Å². The molecule has 21 heavy (non-hydrogen) atoms. The van der Waals surface area contributed by atoms with Gasteiger partial charge in [-0.05, 0) is 37.1 Å². The summed E-state index contributed by atoms with van der Waals surface area (Å²) in [6.45, 7) is 3.91. The van der Waals surface area contributed by atoms with Crippen LogP contribution in [0, 0.1) is 0 Å². The van der Waals surface area contributed by atoms with Crippen molar-refractivity contribution in [1.82, 2.24) is 30.8 Å². The van der Waals surface area contributed by atoms with Gasteiger partial charge in [-0.2, -0.15) is 0 Å². The topological polar surface area (TPSA) is 102 Å². The maximum Gasteiger partial charge on any atom is 0.321 e. The summed E-state index contributed by atoms with van der Waals surface area (Å²) in [7, 11) is 0. The van der Waals surface area contributed by atoms with Crippen LogP contribution in [-0.2, 0) is 4.79 Å². The highest BCUT2D eigenvalue weighted by Gasteiger charge is 2.18. The molecule has 0 saturated heterocycles. The first-order valence-electron chi connectivity index (χ1n) is 7.07. The summed E-state index contributed by atoms with van der Waals surface area (Å²) >= 11 is 1.21. The van der Waals surface area contributed by atoms with E-state index in [1.165, 1.54) is 11.8 Å². The molecule has 116 valence electrons. The van der Waals surface area contributed by atoms with Gasteiger partial charge in [0.05, 0.1) is 11.8 Å². The summed E-state index contributed by atoms with van der Waals surface area (Å²) in [5.74, 6) is -0.251. The van der Waals surface area contributed by atoms with Gasteiger partial charge in [0.1, 0.15) is 0 Å². The van der Waals surface area contributed by atoms with E-state index >= 15 is 0 Å². The average Bonchev–Trinajstić information content (AvgIpc) is 3.06. The van der Waals surface area contributed by atoms with Gasteiger partial charge in [-0.1, -0.05) is 24.6 Å². The molecule has 1 aliphatic carbocycles. The molecule has 0 bridgehead atoms. The van der Waals surface area contributed by atoms with Gasteiger partial charge in [0.15, 0.2) is 0 Å². The monoisotopic (exact) mass is 312 g/mol. The van der Waals surface area contributed by atoms with Crippen molar-refractivity contribution in [3.05, 3.63) is 0 Å². The maximum absolute atomic E-state index is 11.7.